The number of esters is 1. The monoisotopic (exact) mass is 585 g/mol. The molecule has 9 nitrogen and oxygen atoms in total. The minimum atomic E-state index is -1.39. The van der Waals surface area contributed by atoms with E-state index < -0.39 is 23.2 Å². The molecule has 1 fully saturated rings. The van der Waals surface area contributed by atoms with Gasteiger partial charge in [-0.1, -0.05) is 42.2 Å². The molecular weight excluding hydrogens is 558 g/mol. The SMILES string of the molecule is COc1ccc2c(c1)C(=O)N(C[C@@]1(C#Cc3ccc(-c4cc(-c5cccnc5)ccc4OC(C)=O)cc3)CC(=O)NC1=O)C2. The Labute approximate surface area is 253 Å². The molecule has 1 atom stereocenters. The van der Waals surface area contributed by atoms with E-state index in [9.17, 15) is 19.2 Å². The number of nitrogens with one attached hydrogen (secondary N) is 1. The summed E-state index contributed by atoms with van der Waals surface area (Å²) in [6, 6.07) is 21.9. The second kappa shape index (κ2) is 11.5. The maximum atomic E-state index is 13.2. The van der Waals surface area contributed by atoms with E-state index in [1.54, 1.807) is 47.6 Å². The maximum absolute atomic E-state index is 13.2. The number of imide groups is 1. The molecule has 0 unspecified atom stereocenters. The lowest BCUT2D eigenvalue weighted by Gasteiger charge is -2.25. The van der Waals surface area contributed by atoms with Gasteiger partial charge in [-0.3, -0.25) is 29.5 Å². The number of ether oxygens (including phenoxy) is 2. The van der Waals surface area contributed by atoms with Gasteiger partial charge in [0.2, 0.25) is 11.8 Å². The number of methoxy groups -OCH3 is 1. The van der Waals surface area contributed by atoms with Gasteiger partial charge in [0, 0.05) is 54.7 Å². The minimum Gasteiger partial charge on any atom is -0.497 e. The Hall–Kier alpha value is -5.75. The number of rotatable bonds is 6. The van der Waals surface area contributed by atoms with E-state index in [1.807, 2.05) is 42.5 Å². The van der Waals surface area contributed by atoms with Crippen LogP contribution in [0.15, 0.2) is 85.2 Å². The number of hydrogen-bond acceptors (Lipinski definition) is 7. The van der Waals surface area contributed by atoms with Crippen LogP contribution in [0.2, 0.25) is 0 Å². The van der Waals surface area contributed by atoms with Crippen LogP contribution >= 0.6 is 0 Å². The van der Waals surface area contributed by atoms with Gasteiger partial charge in [0.05, 0.1) is 13.5 Å². The van der Waals surface area contributed by atoms with Crippen molar-refractivity contribution in [1.29, 1.82) is 0 Å². The van der Waals surface area contributed by atoms with E-state index in [4.69, 9.17) is 9.47 Å². The fourth-order valence-electron chi connectivity index (χ4n) is 5.47. The number of carbonyl (C=O) groups is 4. The standard InChI is InChI=1S/C35H27N3O6/c1-22(39)44-31-12-10-25(26-4-3-15-36-19-26)16-29(31)24-7-5-23(6-8-24)13-14-35(18-32(40)37-34(35)42)21-38-20-27-9-11-28(43-2)17-30(27)33(38)41/h3-12,15-17,19H,18,20-21H2,1-2H3,(H,37,40,42)/t35-/m1/s1. The van der Waals surface area contributed by atoms with E-state index >= 15 is 0 Å². The van der Waals surface area contributed by atoms with Gasteiger partial charge in [0.25, 0.3) is 5.91 Å². The summed E-state index contributed by atoms with van der Waals surface area (Å²) in [6.07, 6.45) is 3.31. The molecule has 6 rings (SSSR count). The molecule has 4 aromatic rings. The van der Waals surface area contributed by atoms with Crippen LogP contribution in [0.5, 0.6) is 11.5 Å². The third-order valence-corrected chi connectivity index (χ3v) is 7.68. The summed E-state index contributed by atoms with van der Waals surface area (Å²) in [5.41, 5.74) is 3.87. The Kier molecular flexibility index (Phi) is 7.41. The average molecular weight is 586 g/mol. The molecule has 0 radical (unpaired) electrons. The molecule has 218 valence electrons. The Morgan fingerprint density at radius 2 is 1.77 bits per heavy atom. The van der Waals surface area contributed by atoms with Gasteiger partial charge >= 0.3 is 5.97 Å². The summed E-state index contributed by atoms with van der Waals surface area (Å²) in [5.74, 6) is 5.44. The van der Waals surface area contributed by atoms with E-state index in [-0.39, 0.29) is 18.9 Å². The summed E-state index contributed by atoms with van der Waals surface area (Å²) in [5, 5.41) is 2.36. The summed E-state index contributed by atoms with van der Waals surface area (Å²) in [7, 11) is 1.53. The van der Waals surface area contributed by atoms with Crippen molar-refractivity contribution in [2.24, 2.45) is 5.41 Å². The number of nitrogens with zero attached hydrogens (tertiary/aromatic N) is 2. The zero-order valence-corrected chi connectivity index (χ0v) is 24.0. The highest BCUT2D eigenvalue weighted by Crippen LogP contribution is 2.36. The van der Waals surface area contributed by atoms with Crippen molar-refractivity contribution in [2.45, 2.75) is 19.9 Å². The Morgan fingerprint density at radius 3 is 2.45 bits per heavy atom. The smallest absolute Gasteiger partial charge is 0.308 e. The first-order valence-electron chi connectivity index (χ1n) is 13.9. The molecule has 1 aromatic heterocycles. The number of hydrogen-bond donors (Lipinski definition) is 1. The van der Waals surface area contributed by atoms with Crippen LogP contribution in [-0.2, 0) is 20.9 Å². The lowest BCUT2D eigenvalue weighted by Crippen LogP contribution is -2.42. The lowest BCUT2D eigenvalue weighted by atomic mass is 9.85. The zero-order valence-electron chi connectivity index (χ0n) is 24.0. The largest absolute Gasteiger partial charge is 0.497 e. The van der Waals surface area contributed by atoms with Crippen LogP contribution in [0, 0.1) is 17.3 Å². The minimum absolute atomic E-state index is 0.0294. The first-order valence-corrected chi connectivity index (χ1v) is 13.9. The van der Waals surface area contributed by atoms with Gasteiger partial charge < -0.3 is 14.4 Å². The highest BCUT2D eigenvalue weighted by molar-refractivity contribution is 6.08. The summed E-state index contributed by atoms with van der Waals surface area (Å²) in [6.45, 7) is 1.63. The van der Waals surface area contributed by atoms with E-state index in [0.29, 0.717) is 34.7 Å². The zero-order chi connectivity index (χ0) is 30.8. The molecule has 3 aromatic carbocycles. The quantitative estimate of drug-likeness (QED) is 0.155. The lowest BCUT2D eigenvalue weighted by molar-refractivity contribution is -0.132. The molecular formula is C35H27N3O6. The van der Waals surface area contributed by atoms with Crippen molar-refractivity contribution < 1.29 is 28.7 Å². The van der Waals surface area contributed by atoms with Gasteiger partial charge in [0.1, 0.15) is 16.9 Å². The molecule has 44 heavy (non-hydrogen) atoms. The first kappa shape index (κ1) is 28.4. The van der Waals surface area contributed by atoms with Crippen molar-refractivity contribution >= 4 is 23.7 Å². The van der Waals surface area contributed by atoms with Gasteiger partial charge in [-0.25, -0.2) is 0 Å². The van der Waals surface area contributed by atoms with Crippen molar-refractivity contribution in [1.82, 2.24) is 15.2 Å². The number of pyridine rings is 1. The molecule has 9 heteroatoms. The molecule has 0 saturated carbocycles. The van der Waals surface area contributed by atoms with Crippen LogP contribution in [0.3, 0.4) is 0 Å². The highest BCUT2D eigenvalue weighted by Gasteiger charge is 2.48. The van der Waals surface area contributed by atoms with Gasteiger partial charge in [-0.2, -0.15) is 0 Å². The second-order valence-corrected chi connectivity index (χ2v) is 10.7. The second-order valence-electron chi connectivity index (χ2n) is 10.7. The molecule has 2 aliphatic rings. The van der Waals surface area contributed by atoms with Crippen molar-refractivity contribution in [3.05, 3.63) is 102 Å². The number of aromatic nitrogens is 1. The summed E-state index contributed by atoms with van der Waals surface area (Å²) < 4.78 is 10.7. The molecule has 0 spiro atoms. The van der Waals surface area contributed by atoms with Gasteiger partial charge in [-0.05, 0) is 59.2 Å². The number of amides is 3. The molecule has 0 bridgehead atoms. The maximum Gasteiger partial charge on any atom is 0.308 e. The molecule has 1 N–H and O–H groups in total. The summed E-state index contributed by atoms with van der Waals surface area (Å²) in [4.78, 5) is 56.1. The van der Waals surface area contributed by atoms with Crippen molar-refractivity contribution in [3.63, 3.8) is 0 Å². The molecule has 3 heterocycles. The predicted molar refractivity (Wildman–Crippen MR) is 161 cm³/mol. The molecule has 2 aliphatic heterocycles. The molecule has 1 saturated heterocycles. The molecule has 3 amide bonds. The predicted octanol–water partition coefficient (Wildman–Crippen LogP) is 4.39. The van der Waals surface area contributed by atoms with Crippen LogP contribution in [0.4, 0.5) is 0 Å². The fourth-order valence-corrected chi connectivity index (χ4v) is 5.47. The molecule has 0 aliphatic carbocycles. The van der Waals surface area contributed by atoms with Crippen LogP contribution in [0.25, 0.3) is 22.3 Å². The number of benzene rings is 3. The van der Waals surface area contributed by atoms with E-state index in [0.717, 1.165) is 22.3 Å². The third-order valence-electron chi connectivity index (χ3n) is 7.68. The van der Waals surface area contributed by atoms with E-state index in [2.05, 4.69) is 22.1 Å². The van der Waals surface area contributed by atoms with Crippen molar-refractivity contribution in [3.8, 4) is 45.6 Å². The van der Waals surface area contributed by atoms with E-state index in [1.165, 1.54) is 14.0 Å². The van der Waals surface area contributed by atoms with Crippen LogP contribution < -0.4 is 14.8 Å². The first-order chi connectivity index (χ1) is 21.2. The van der Waals surface area contributed by atoms with Crippen molar-refractivity contribution in [2.75, 3.05) is 13.7 Å². The fraction of sp³-hybridized carbons (Fsp3) is 0.171. The Morgan fingerprint density at radius 1 is 0.977 bits per heavy atom. The average Bonchev–Trinajstić information content (AvgIpc) is 3.49. The summed E-state index contributed by atoms with van der Waals surface area (Å²) >= 11 is 0. The third kappa shape index (κ3) is 5.53. The van der Waals surface area contributed by atoms with Crippen LogP contribution in [-0.4, -0.2) is 47.2 Å². The van der Waals surface area contributed by atoms with Gasteiger partial charge in [0.15, 0.2) is 0 Å². The van der Waals surface area contributed by atoms with Gasteiger partial charge in [-0.15, -0.1) is 0 Å². The highest BCUT2D eigenvalue weighted by atomic mass is 16.5. The Balaban J connectivity index is 1.29. The normalized spacial score (nSPS) is 17.0. The number of fused-ring (bicyclic) bond motifs is 1. The topological polar surface area (TPSA) is 115 Å². The van der Waals surface area contributed by atoms with Crippen LogP contribution in [0.1, 0.15) is 34.8 Å². The Bertz CT molecular complexity index is 1870. The number of carbonyl (C=O) groups excluding carboxylic acids is 4.